The molecule has 98 valence electrons. The first-order valence-electron chi connectivity index (χ1n) is 6.38. The lowest BCUT2D eigenvalue weighted by atomic mass is 10.0. The minimum Gasteiger partial charge on any atom is -0.204 e. The van der Waals surface area contributed by atoms with Crippen molar-refractivity contribution in [3.63, 3.8) is 0 Å². The number of halogens is 4. The summed E-state index contributed by atoms with van der Waals surface area (Å²) in [5, 5.41) is -0.0572. The number of hydrogen-bond donors (Lipinski definition) is 0. The van der Waals surface area contributed by atoms with Gasteiger partial charge in [0.05, 0.1) is 5.38 Å². The molecule has 18 heavy (non-hydrogen) atoms. The Bertz CT molecular complexity index is 463. The molecule has 0 saturated heterocycles. The summed E-state index contributed by atoms with van der Waals surface area (Å²) in [7, 11) is 0. The Kier molecular flexibility index (Phi) is 3.27. The van der Waals surface area contributed by atoms with Crippen molar-refractivity contribution in [1.82, 2.24) is 0 Å². The summed E-state index contributed by atoms with van der Waals surface area (Å²) in [4.78, 5) is 0. The molecule has 2 aliphatic carbocycles. The minimum absolute atomic E-state index is 0.234. The van der Waals surface area contributed by atoms with Crippen molar-refractivity contribution in [2.24, 2.45) is 17.8 Å². The van der Waals surface area contributed by atoms with E-state index in [0.717, 1.165) is 12.1 Å². The van der Waals surface area contributed by atoms with Gasteiger partial charge in [0.15, 0.2) is 11.6 Å². The second-order valence-electron chi connectivity index (χ2n) is 5.38. The number of benzene rings is 1. The van der Waals surface area contributed by atoms with E-state index >= 15 is 0 Å². The second-order valence-corrected chi connectivity index (χ2v) is 6.26. The van der Waals surface area contributed by atoms with E-state index in [2.05, 4.69) is 0 Å². The highest BCUT2D eigenvalue weighted by Gasteiger charge is 2.54. The molecule has 4 heteroatoms. The highest BCUT2D eigenvalue weighted by Crippen LogP contribution is 2.62. The van der Waals surface area contributed by atoms with Crippen molar-refractivity contribution >= 4 is 23.2 Å². The molecule has 3 unspecified atom stereocenters. The van der Waals surface area contributed by atoms with Crippen LogP contribution >= 0.6 is 23.2 Å². The van der Waals surface area contributed by atoms with Crippen LogP contribution in [0, 0.1) is 29.4 Å². The summed E-state index contributed by atoms with van der Waals surface area (Å²) in [6, 6.07) is 2.17. The van der Waals surface area contributed by atoms with Gasteiger partial charge < -0.3 is 0 Å². The molecule has 3 rings (SSSR count). The van der Waals surface area contributed by atoms with Crippen molar-refractivity contribution in [3.8, 4) is 0 Å². The average molecular weight is 291 g/mol. The molecule has 3 atom stereocenters. The van der Waals surface area contributed by atoms with Crippen LogP contribution in [0.4, 0.5) is 8.78 Å². The van der Waals surface area contributed by atoms with Gasteiger partial charge in [0.2, 0.25) is 0 Å². The minimum atomic E-state index is -0.916. The SMILES string of the molecule is Fc1cc(Cl)c(C(Cl)C2C3CCCCC32)cc1F. The zero-order valence-corrected chi connectivity index (χ0v) is 11.3. The average Bonchev–Trinajstić information content (AvgIpc) is 3.07. The Hall–Kier alpha value is -0.340. The molecule has 0 amide bonds. The fourth-order valence-corrected chi connectivity index (χ4v) is 4.32. The van der Waals surface area contributed by atoms with Crippen LogP contribution in [-0.4, -0.2) is 0 Å². The van der Waals surface area contributed by atoms with Gasteiger partial charge >= 0.3 is 0 Å². The molecular weight excluding hydrogens is 277 g/mol. The molecule has 0 nitrogen and oxygen atoms in total. The smallest absolute Gasteiger partial charge is 0.160 e. The maximum absolute atomic E-state index is 13.3. The second kappa shape index (κ2) is 4.64. The summed E-state index contributed by atoms with van der Waals surface area (Å²) < 4.78 is 26.3. The van der Waals surface area contributed by atoms with Crippen molar-refractivity contribution in [3.05, 3.63) is 34.4 Å². The van der Waals surface area contributed by atoms with Gasteiger partial charge in [-0.2, -0.15) is 0 Å². The molecule has 0 heterocycles. The van der Waals surface area contributed by atoms with Crippen LogP contribution < -0.4 is 0 Å². The maximum Gasteiger partial charge on any atom is 0.160 e. The van der Waals surface area contributed by atoms with Gasteiger partial charge in [0.1, 0.15) is 0 Å². The highest BCUT2D eigenvalue weighted by atomic mass is 35.5. The van der Waals surface area contributed by atoms with Gasteiger partial charge in [-0.15, -0.1) is 11.6 Å². The third-order valence-corrected chi connectivity index (χ3v) is 5.25. The first-order chi connectivity index (χ1) is 8.59. The fraction of sp³-hybridized carbons (Fsp3) is 0.571. The van der Waals surface area contributed by atoms with Gasteiger partial charge in [0, 0.05) is 5.02 Å². The summed E-state index contributed by atoms with van der Waals surface area (Å²) >= 11 is 12.4. The Labute approximate surface area is 115 Å². The van der Waals surface area contributed by atoms with Crippen molar-refractivity contribution in [2.75, 3.05) is 0 Å². The predicted molar refractivity (Wildman–Crippen MR) is 68.9 cm³/mol. The standard InChI is InChI=1S/C14H14Cl2F2/c15-10-6-12(18)11(17)5-9(10)14(16)13-7-3-1-2-4-8(7)13/h5-8,13-14H,1-4H2. The van der Waals surface area contributed by atoms with Gasteiger partial charge in [-0.25, -0.2) is 8.78 Å². The van der Waals surface area contributed by atoms with E-state index in [1.54, 1.807) is 0 Å². The van der Waals surface area contributed by atoms with Crippen molar-refractivity contribution < 1.29 is 8.78 Å². The lowest BCUT2D eigenvalue weighted by Gasteiger charge is -2.12. The Morgan fingerprint density at radius 3 is 2.22 bits per heavy atom. The van der Waals surface area contributed by atoms with Crippen LogP contribution in [-0.2, 0) is 0 Å². The van der Waals surface area contributed by atoms with E-state index in [0.29, 0.717) is 23.3 Å². The molecule has 0 N–H and O–H groups in total. The van der Waals surface area contributed by atoms with Gasteiger partial charge in [-0.3, -0.25) is 0 Å². The predicted octanol–water partition coefficient (Wildman–Crippen LogP) is 5.33. The molecule has 0 aliphatic heterocycles. The molecule has 0 aromatic heterocycles. The molecule has 0 spiro atoms. The van der Waals surface area contributed by atoms with Crippen LogP contribution in [0.1, 0.15) is 36.6 Å². The van der Waals surface area contributed by atoms with Crippen molar-refractivity contribution in [1.29, 1.82) is 0 Å². The molecule has 2 aliphatic rings. The van der Waals surface area contributed by atoms with Gasteiger partial charge in [-0.05, 0) is 48.3 Å². The van der Waals surface area contributed by atoms with E-state index in [9.17, 15) is 8.78 Å². The molecule has 2 saturated carbocycles. The summed E-state index contributed by atoms with van der Waals surface area (Å²) in [5.74, 6) is -0.0862. The Balaban J connectivity index is 1.85. The first kappa shape index (κ1) is 12.7. The largest absolute Gasteiger partial charge is 0.204 e. The zero-order valence-electron chi connectivity index (χ0n) is 9.80. The summed E-state index contributed by atoms with van der Waals surface area (Å²) in [6.07, 6.45) is 4.93. The fourth-order valence-electron chi connectivity index (χ4n) is 3.44. The van der Waals surface area contributed by atoms with Crippen molar-refractivity contribution in [2.45, 2.75) is 31.1 Å². The summed E-state index contributed by atoms with van der Waals surface area (Å²) in [6.45, 7) is 0. The Morgan fingerprint density at radius 2 is 1.61 bits per heavy atom. The molecule has 2 fully saturated rings. The lowest BCUT2D eigenvalue weighted by Crippen LogP contribution is -1.99. The van der Waals surface area contributed by atoms with E-state index in [1.807, 2.05) is 0 Å². The van der Waals surface area contributed by atoms with E-state index < -0.39 is 11.6 Å². The molecule has 1 aromatic carbocycles. The molecule has 1 aromatic rings. The highest BCUT2D eigenvalue weighted by molar-refractivity contribution is 6.32. The lowest BCUT2D eigenvalue weighted by molar-refractivity contribution is 0.480. The summed E-state index contributed by atoms with van der Waals surface area (Å²) in [5.41, 5.74) is 0.539. The third-order valence-electron chi connectivity index (χ3n) is 4.40. The van der Waals surface area contributed by atoms with Crippen LogP contribution in [0.2, 0.25) is 5.02 Å². The van der Waals surface area contributed by atoms with E-state index in [4.69, 9.17) is 23.2 Å². The van der Waals surface area contributed by atoms with Crippen LogP contribution in [0.5, 0.6) is 0 Å². The van der Waals surface area contributed by atoms with Crippen LogP contribution in [0.15, 0.2) is 12.1 Å². The quantitative estimate of drug-likeness (QED) is 0.510. The number of fused-ring (bicyclic) bond motifs is 1. The topological polar surface area (TPSA) is 0 Å². The van der Waals surface area contributed by atoms with Crippen LogP contribution in [0.3, 0.4) is 0 Å². The Morgan fingerprint density at radius 1 is 1.06 bits per heavy atom. The number of rotatable bonds is 2. The monoisotopic (exact) mass is 290 g/mol. The number of alkyl halides is 1. The number of hydrogen-bond acceptors (Lipinski definition) is 0. The third kappa shape index (κ3) is 2.04. The van der Waals surface area contributed by atoms with E-state index in [1.165, 1.54) is 25.7 Å². The molecule has 0 radical (unpaired) electrons. The van der Waals surface area contributed by atoms with Gasteiger partial charge in [0.25, 0.3) is 0 Å². The maximum atomic E-state index is 13.3. The molecular formula is C14H14Cl2F2. The van der Waals surface area contributed by atoms with Crippen LogP contribution in [0.25, 0.3) is 0 Å². The first-order valence-corrected chi connectivity index (χ1v) is 7.19. The normalized spacial score (nSPS) is 31.9. The molecule has 0 bridgehead atoms. The zero-order chi connectivity index (χ0) is 12.9. The van der Waals surface area contributed by atoms with E-state index in [-0.39, 0.29) is 10.4 Å². The van der Waals surface area contributed by atoms with Gasteiger partial charge in [-0.1, -0.05) is 24.4 Å².